The van der Waals surface area contributed by atoms with Gasteiger partial charge in [-0.2, -0.15) is 8.42 Å². The second-order valence-electron chi connectivity index (χ2n) is 4.88. The first-order valence-corrected chi connectivity index (χ1v) is 7.68. The highest BCUT2D eigenvalue weighted by Crippen LogP contribution is 2.23. The van der Waals surface area contributed by atoms with Crippen molar-refractivity contribution in [3.05, 3.63) is 24.3 Å². The van der Waals surface area contributed by atoms with Gasteiger partial charge in [0.1, 0.15) is 18.3 Å². The molecule has 21 heavy (non-hydrogen) atoms. The smallest absolute Gasteiger partial charge is 0.294 e. The standard InChI is InChI=1S/C12H17NO7S/c1-6-9(14)10(15)11(16)12(20-6)13-7-2-4-8(5-3-7)21(17,18)19/h2-6,9-16H,1H3,(H,17,18,19)/t6-,9-,10-,11+,12-/m0/s1. The second kappa shape index (κ2) is 5.87. The van der Waals surface area contributed by atoms with Crippen LogP contribution in [-0.4, -0.2) is 58.9 Å². The molecular formula is C12H17NO7S. The maximum Gasteiger partial charge on any atom is 0.294 e. The zero-order valence-electron chi connectivity index (χ0n) is 11.1. The lowest BCUT2D eigenvalue weighted by atomic mass is 9.99. The van der Waals surface area contributed by atoms with Crippen LogP contribution < -0.4 is 5.32 Å². The molecule has 1 aliphatic rings. The minimum Gasteiger partial charge on any atom is -0.388 e. The average molecular weight is 319 g/mol. The molecule has 0 bridgehead atoms. The van der Waals surface area contributed by atoms with Gasteiger partial charge in [0, 0.05) is 5.69 Å². The predicted octanol–water partition coefficient (Wildman–Crippen LogP) is -0.827. The molecule has 1 heterocycles. The summed E-state index contributed by atoms with van der Waals surface area (Å²) in [6.07, 6.45) is -5.55. The molecule has 0 unspecified atom stereocenters. The summed E-state index contributed by atoms with van der Waals surface area (Å²) in [6, 6.07) is 5.12. The molecule has 0 spiro atoms. The lowest BCUT2D eigenvalue weighted by molar-refractivity contribution is -0.209. The molecule has 0 amide bonds. The fraction of sp³-hybridized carbons (Fsp3) is 0.500. The lowest BCUT2D eigenvalue weighted by Crippen LogP contribution is -2.58. The molecular weight excluding hydrogens is 302 g/mol. The quantitative estimate of drug-likeness (QED) is 0.456. The number of aliphatic hydroxyl groups excluding tert-OH is 3. The number of aliphatic hydroxyl groups is 3. The lowest BCUT2D eigenvalue weighted by Gasteiger charge is -2.39. The third-order valence-corrected chi connectivity index (χ3v) is 4.18. The summed E-state index contributed by atoms with van der Waals surface area (Å²) in [4.78, 5) is -0.262. The Bertz CT molecular complexity index is 588. The van der Waals surface area contributed by atoms with Crippen LogP contribution in [0.5, 0.6) is 0 Å². The molecule has 5 N–H and O–H groups in total. The van der Waals surface area contributed by atoms with Crippen molar-refractivity contribution >= 4 is 15.8 Å². The highest BCUT2D eigenvalue weighted by atomic mass is 32.2. The predicted molar refractivity (Wildman–Crippen MR) is 72.2 cm³/mol. The Morgan fingerprint density at radius 3 is 2.14 bits per heavy atom. The highest BCUT2D eigenvalue weighted by Gasteiger charge is 2.41. The van der Waals surface area contributed by atoms with Crippen molar-refractivity contribution in [2.75, 3.05) is 5.32 Å². The van der Waals surface area contributed by atoms with E-state index in [4.69, 9.17) is 9.29 Å². The third kappa shape index (κ3) is 3.51. The molecule has 1 aromatic rings. The van der Waals surface area contributed by atoms with E-state index in [-0.39, 0.29) is 4.90 Å². The number of rotatable bonds is 3. The Hall–Kier alpha value is -1.23. The van der Waals surface area contributed by atoms with E-state index in [0.29, 0.717) is 5.69 Å². The zero-order valence-corrected chi connectivity index (χ0v) is 11.9. The van der Waals surface area contributed by atoms with Gasteiger partial charge in [-0.3, -0.25) is 4.55 Å². The Labute approximate surface area is 121 Å². The minimum atomic E-state index is -4.27. The first kappa shape index (κ1) is 16.1. The van der Waals surface area contributed by atoms with E-state index < -0.39 is 40.8 Å². The van der Waals surface area contributed by atoms with Gasteiger partial charge < -0.3 is 25.4 Å². The largest absolute Gasteiger partial charge is 0.388 e. The Kier molecular flexibility index (Phi) is 4.51. The number of hydrogen-bond acceptors (Lipinski definition) is 7. The van der Waals surface area contributed by atoms with Gasteiger partial charge >= 0.3 is 0 Å². The molecule has 8 nitrogen and oxygen atoms in total. The average Bonchev–Trinajstić information content (AvgIpc) is 2.42. The fourth-order valence-electron chi connectivity index (χ4n) is 2.06. The molecule has 5 atom stereocenters. The molecule has 1 fully saturated rings. The molecule has 0 aromatic heterocycles. The Morgan fingerprint density at radius 1 is 1.05 bits per heavy atom. The van der Waals surface area contributed by atoms with Crippen molar-refractivity contribution in [3.8, 4) is 0 Å². The van der Waals surface area contributed by atoms with Crippen LogP contribution in [0.3, 0.4) is 0 Å². The summed E-state index contributed by atoms with van der Waals surface area (Å²) >= 11 is 0. The van der Waals surface area contributed by atoms with E-state index in [0.717, 1.165) is 0 Å². The van der Waals surface area contributed by atoms with E-state index in [1.807, 2.05) is 0 Å². The van der Waals surface area contributed by atoms with Crippen LogP contribution in [0.4, 0.5) is 5.69 Å². The summed E-state index contributed by atoms with van der Waals surface area (Å²) in [7, 11) is -4.27. The fourth-order valence-corrected chi connectivity index (χ4v) is 2.54. The zero-order chi connectivity index (χ0) is 15.8. The van der Waals surface area contributed by atoms with Crippen LogP contribution in [0.2, 0.25) is 0 Å². The van der Waals surface area contributed by atoms with Crippen molar-refractivity contribution in [2.24, 2.45) is 0 Å². The van der Waals surface area contributed by atoms with Gasteiger partial charge in [-0.05, 0) is 31.2 Å². The van der Waals surface area contributed by atoms with Gasteiger partial charge in [-0.1, -0.05) is 0 Å². The van der Waals surface area contributed by atoms with Crippen molar-refractivity contribution < 1.29 is 33.0 Å². The van der Waals surface area contributed by atoms with E-state index in [1.165, 1.54) is 24.3 Å². The second-order valence-corrected chi connectivity index (χ2v) is 6.30. The van der Waals surface area contributed by atoms with Gasteiger partial charge in [0.15, 0.2) is 6.23 Å². The normalized spacial score (nSPS) is 33.7. The number of benzene rings is 1. The van der Waals surface area contributed by atoms with E-state index in [1.54, 1.807) is 6.92 Å². The van der Waals surface area contributed by atoms with E-state index in [2.05, 4.69) is 5.32 Å². The van der Waals surface area contributed by atoms with Crippen LogP contribution in [0.25, 0.3) is 0 Å². The van der Waals surface area contributed by atoms with E-state index in [9.17, 15) is 23.7 Å². The van der Waals surface area contributed by atoms with Crippen molar-refractivity contribution in [1.29, 1.82) is 0 Å². The molecule has 9 heteroatoms. The summed E-state index contributed by atoms with van der Waals surface area (Å²) < 4.78 is 36.0. The Balaban J connectivity index is 2.11. The Morgan fingerprint density at radius 2 is 1.62 bits per heavy atom. The summed E-state index contributed by atoms with van der Waals surface area (Å²) in [5.41, 5.74) is 0.419. The van der Waals surface area contributed by atoms with Crippen molar-refractivity contribution in [2.45, 2.75) is 42.5 Å². The van der Waals surface area contributed by atoms with Gasteiger partial charge in [-0.15, -0.1) is 0 Å². The molecule has 2 rings (SSSR count). The number of nitrogens with one attached hydrogen (secondary N) is 1. The molecule has 0 aliphatic carbocycles. The molecule has 118 valence electrons. The summed E-state index contributed by atoms with van der Waals surface area (Å²) in [5, 5.41) is 31.9. The molecule has 1 saturated heterocycles. The van der Waals surface area contributed by atoms with Gasteiger partial charge in [0.25, 0.3) is 10.1 Å². The highest BCUT2D eigenvalue weighted by molar-refractivity contribution is 7.85. The van der Waals surface area contributed by atoms with Crippen LogP contribution in [0.1, 0.15) is 6.92 Å². The molecule has 1 aliphatic heterocycles. The van der Waals surface area contributed by atoms with Crippen molar-refractivity contribution in [3.63, 3.8) is 0 Å². The minimum absolute atomic E-state index is 0.262. The number of ether oxygens (including phenoxy) is 1. The van der Waals surface area contributed by atoms with Crippen LogP contribution >= 0.6 is 0 Å². The summed E-state index contributed by atoms with van der Waals surface area (Å²) in [6.45, 7) is 1.55. The third-order valence-electron chi connectivity index (χ3n) is 3.31. The maximum absolute atomic E-state index is 10.9. The van der Waals surface area contributed by atoms with Gasteiger partial charge in [0.2, 0.25) is 0 Å². The van der Waals surface area contributed by atoms with Crippen LogP contribution in [0.15, 0.2) is 29.2 Å². The van der Waals surface area contributed by atoms with E-state index >= 15 is 0 Å². The topological polar surface area (TPSA) is 136 Å². The monoisotopic (exact) mass is 319 g/mol. The molecule has 0 radical (unpaired) electrons. The number of hydrogen-bond donors (Lipinski definition) is 5. The first-order chi connectivity index (χ1) is 9.70. The molecule has 0 saturated carbocycles. The van der Waals surface area contributed by atoms with Crippen LogP contribution in [-0.2, 0) is 14.9 Å². The number of anilines is 1. The first-order valence-electron chi connectivity index (χ1n) is 6.24. The van der Waals surface area contributed by atoms with Crippen LogP contribution in [0, 0.1) is 0 Å². The van der Waals surface area contributed by atoms with Crippen molar-refractivity contribution in [1.82, 2.24) is 0 Å². The SMILES string of the molecule is C[C@@H]1O[C@H](Nc2ccc(S(=O)(=O)O)cc2)[C@H](O)[C@@H](O)[C@H]1O. The summed E-state index contributed by atoms with van der Waals surface area (Å²) in [5.74, 6) is 0. The van der Waals surface area contributed by atoms with Gasteiger partial charge in [0.05, 0.1) is 11.0 Å². The molecule has 1 aromatic carbocycles. The maximum atomic E-state index is 10.9. The van der Waals surface area contributed by atoms with Gasteiger partial charge in [-0.25, -0.2) is 0 Å².